The second-order valence-electron chi connectivity index (χ2n) is 11.2. The zero-order valence-electron chi connectivity index (χ0n) is 24.1. The van der Waals surface area contributed by atoms with E-state index >= 15 is 0 Å². The molecule has 0 amide bonds. The molecule has 0 atom stereocenters. The minimum atomic E-state index is 0.694. The van der Waals surface area contributed by atoms with Gasteiger partial charge >= 0.3 is 0 Å². The molecule has 0 unspecified atom stereocenters. The van der Waals surface area contributed by atoms with E-state index in [9.17, 15) is 0 Å². The lowest BCUT2D eigenvalue weighted by Gasteiger charge is -2.29. The van der Waals surface area contributed by atoms with Crippen LogP contribution in [0.1, 0.15) is 0 Å². The van der Waals surface area contributed by atoms with Crippen LogP contribution < -0.4 is 30.7 Å². The third kappa shape index (κ3) is 5.94. The molecule has 0 spiro atoms. The first-order chi connectivity index (χ1) is 20.8. The third-order valence-electron chi connectivity index (χ3n) is 8.46. The average molecular weight is 562 g/mol. The van der Waals surface area contributed by atoms with Gasteiger partial charge in [-0.15, -0.1) is 0 Å². The van der Waals surface area contributed by atoms with Gasteiger partial charge in [-0.05, 0) is 72.8 Å². The number of hydrogen-bond donors (Lipinski definition) is 3. The molecule has 3 N–H and O–H groups in total. The summed E-state index contributed by atoms with van der Waals surface area (Å²) in [6.07, 6.45) is 0. The summed E-state index contributed by atoms with van der Waals surface area (Å²) < 4.78 is 0. The first kappa shape index (κ1) is 26.8. The molecule has 3 saturated heterocycles. The maximum Gasteiger partial charge on any atom is 0.164 e. The molecule has 0 saturated carbocycles. The van der Waals surface area contributed by atoms with Gasteiger partial charge in [-0.25, -0.2) is 15.0 Å². The molecule has 4 heterocycles. The highest BCUT2D eigenvalue weighted by Gasteiger charge is 2.17. The monoisotopic (exact) mass is 561 g/mol. The van der Waals surface area contributed by atoms with Crippen molar-refractivity contribution in [3.05, 3.63) is 72.8 Å². The molecule has 3 aliphatic heterocycles. The summed E-state index contributed by atoms with van der Waals surface area (Å²) >= 11 is 0. The van der Waals surface area contributed by atoms with E-state index in [1.807, 2.05) is 0 Å². The summed E-state index contributed by atoms with van der Waals surface area (Å²) in [6.45, 7) is 12.2. The van der Waals surface area contributed by atoms with Crippen molar-refractivity contribution >= 4 is 17.1 Å². The van der Waals surface area contributed by atoms with E-state index in [0.29, 0.717) is 17.5 Å². The van der Waals surface area contributed by atoms with E-state index in [2.05, 4.69) is 103 Å². The molecule has 4 aromatic rings. The number of rotatable bonds is 6. The van der Waals surface area contributed by atoms with E-state index in [1.54, 1.807) is 0 Å². The Kier molecular flexibility index (Phi) is 7.95. The van der Waals surface area contributed by atoms with Crippen molar-refractivity contribution in [2.45, 2.75) is 0 Å². The molecule has 0 bridgehead atoms. The number of anilines is 3. The highest BCUT2D eigenvalue weighted by atomic mass is 15.2. The normalized spacial score (nSPS) is 17.9. The van der Waals surface area contributed by atoms with Crippen LogP contribution >= 0.6 is 0 Å². The summed E-state index contributed by atoms with van der Waals surface area (Å²) in [4.78, 5) is 22.2. The largest absolute Gasteiger partial charge is 0.369 e. The van der Waals surface area contributed by atoms with E-state index in [0.717, 1.165) is 95.2 Å². The van der Waals surface area contributed by atoms with Crippen molar-refractivity contribution in [2.24, 2.45) is 0 Å². The minimum absolute atomic E-state index is 0.694. The van der Waals surface area contributed by atoms with Gasteiger partial charge in [0.05, 0.1) is 0 Å². The maximum absolute atomic E-state index is 4.99. The Morgan fingerprint density at radius 2 is 0.595 bits per heavy atom. The SMILES string of the molecule is c1cc(N2CCNCC2)ccc1-c1nc(-c2ccc(N3CCNCC3)cc2)nc(-c2ccc(N3CCNCC3)cc2)n1. The van der Waals surface area contributed by atoms with Crippen LogP contribution in [-0.2, 0) is 0 Å². The molecule has 3 fully saturated rings. The van der Waals surface area contributed by atoms with Gasteiger partial charge in [0.15, 0.2) is 17.5 Å². The number of nitrogens with one attached hydrogen (secondary N) is 3. The van der Waals surface area contributed by atoms with Gasteiger partial charge in [-0.3, -0.25) is 0 Å². The zero-order valence-corrected chi connectivity index (χ0v) is 24.1. The Labute approximate surface area is 248 Å². The fourth-order valence-corrected chi connectivity index (χ4v) is 6.00. The second-order valence-corrected chi connectivity index (χ2v) is 11.2. The van der Waals surface area contributed by atoms with Gasteiger partial charge in [-0.1, -0.05) is 0 Å². The van der Waals surface area contributed by atoms with Crippen LogP contribution in [0.25, 0.3) is 34.2 Å². The Morgan fingerprint density at radius 1 is 0.357 bits per heavy atom. The van der Waals surface area contributed by atoms with Crippen molar-refractivity contribution < 1.29 is 0 Å². The summed E-state index contributed by atoms with van der Waals surface area (Å²) in [7, 11) is 0. The number of aromatic nitrogens is 3. The first-order valence-corrected chi connectivity index (χ1v) is 15.2. The zero-order chi connectivity index (χ0) is 28.1. The number of benzene rings is 3. The van der Waals surface area contributed by atoms with Crippen molar-refractivity contribution in [3.8, 4) is 34.2 Å². The predicted octanol–water partition coefficient (Wildman–Crippen LogP) is 3.10. The molecule has 1 aromatic heterocycles. The molecule has 42 heavy (non-hydrogen) atoms. The first-order valence-electron chi connectivity index (χ1n) is 15.2. The van der Waals surface area contributed by atoms with Gasteiger partial charge in [0, 0.05) is 112 Å². The van der Waals surface area contributed by atoms with Crippen LogP contribution in [0.2, 0.25) is 0 Å². The van der Waals surface area contributed by atoms with Crippen molar-refractivity contribution in [1.82, 2.24) is 30.9 Å². The second kappa shape index (κ2) is 12.4. The predicted molar refractivity (Wildman–Crippen MR) is 171 cm³/mol. The van der Waals surface area contributed by atoms with Crippen molar-refractivity contribution in [3.63, 3.8) is 0 Å². The minimum Gasteiger partial charge on any atom is -0.369 e. The fraction of sp³-hybridized carbons (Fsp3) is 0.364. The van der Waals surface area contributed by atoms with Gasteiger partial charge in [-0.2, -0.15) is 0 Å². The lowest BCUT2D eigenvalue weighted by Crippen LogP contribution is -2.43. The Balaban J connectivity index is 1.22. The molecule has 9 nitrogen and oxygen atoms in total. The Morgan fingerprint density at radius 3 is 0.833 bits per heavy atom. The van der Waals surface area contributed by atoms with Gasteiger partial charge in [0.2, 0.25) is 0 Å². The Bertz CT molecular complexity index is 1260. The number of piperazine rings is 3. The molecule has 0 radical (unpaired) electrons. The lowest BCUT2D eigenvalue weighted by molar-refractivity contribution is 0.589. The highest BCUT2D eigenvalue weighted by Crippen LogP contribution is 2.29. The molecule has 216 valence electrons. The summed E-state index contributed by atoms with van der Waals surface area (Å²) in [5.41, 5.74) is 6.70. The smallest absolute Gasteiger partial charge is 0.164 e. The summed E-state index contributed by atoms with van der Waals surface area (Å²) in [5, 5.41) is 10.3. The van der Waals surface area contributed by atoms with E-state index in [4.69, 9.17) is 15.0 Å². The Hall–Kier alpha value is -4.05. The van der Waals surface area contributed by atoms with E-state index in [1.165, 1.54) is 17.1 Å². The quantitative estimate of drug-likeness (QED) is 0.329. The maximum atomic E-state index is 4.99. The molecule has 7 rings (SSSR count). The lowest BCUT2D eigenvalue weighted by atomic mass is 10.1. The van der Waals surface area contributed by atoms with Crippen molar-refractivity contribution in [2.75, 3.05) is 93.2 Å². The number of hydrogen-bond acceptors (Lipinski definition) is 9. The van der Waals surface area contributed by atoms with Crippen LogP contribution in [-0.4, -0.2) is 93.5 Å². The molecular formula is C33H39N9. The van der Waals surface area contributed by atoms with Crippen LogP contribution in [0.15, 0.2) is 72.8 Å². The standard InChI is InChI=1S/C33H39N9/c1-7-28(40-19-13-34-14-20-40)8-2-25(1)31-37-32(26-3-9-29(10-4-26)41-21-15-35-16-22-41)39-33(38-31)27-5-11-30(12-6-27)42-23-17-36-18-24-42/h1-12,34-36H,13-24H2. The van der Waals surface area contributed by atoms with Crippen LogP contribution in [0.3, 0.4) is 0 Å². The molecule has 3 aliphatic rings. The van der Waals surface area contributed by atoms with Crippen molar-refractivity contribution in [1.29, 1.82) is 0 Å². The number of nitrogens with zero attached hydrogens (tertiary/aromatic N) is 6. The molecule has 9 heteroatoms. The average Bonchev–Trinajstić information content (AvgIpc) is 3.09. The van der Waals surface area contributed by atoms with Gasteiger partial charge in [0.25, 0.3) is 0 Å². The molecule has 3 aromatic carbocycles. The summed E-state index contributed by atoms with van der Waals surface area (Å²) in [6, 6.07) is 26.0. The highest BCUT2D eigenvalue weighted by molar-refractivity contribution is 5.69. The van der Waals surface area contributed by atoms with E-state index < -0.39 is 0 Å². The van der Waals surface area contributed by atoms with Crippen LogP contribution in [0, 0.1) is 0 Å². The van der Waals surface area contributed by atoms with E-state index in [-0.39, 0.29) is 0 Å². The van der Waals surface area contributed by atoms with Gasteiger partial charge in [0.1, 0.15) is 0 Å². The van der Waals surface area contributed by atoms with Crippen LogP contribution in [0.4, 0.5) is 17.1 Å². The van der Waals surface area contributed by atoms with Gasteiger partial charge < -0.3 is 30.7 Å². The third-order valence-corrected chi connectivity index (χ3v) is 8.46. The van der Waals surface area contributed by atoms with Crippen LogP contribution in [0.5, 0.6) is 0 Å². The molecular weight excluding hydrogens is 522 g/mol. The fourth-order valence-electron chi connectivity index (χ4n) is 6.00. The topological polar surface area (TPSA) is 84.5 Å². The summed E-state index contributed by atoms with van der Waals surface area (Å²) in [5.74, 6) is 2.08. The molecule has 0 aliphatic carbocycles.